The molecule has 0 amide bonds. The zero-order chi connectivity index (χ0) is 12.0. The highest BCUT2D eigenvalue weighted by Gasteiger charge is 2.65. The Hall–Kier alpha value is -0.0800. The molecule has 0 aromatic heterocycles. The molecule has 0 aromatic carbocycles. The van der Waals surface area contributed by atoms with Gasteiger partial charge in [0, 0.05) is 0 Å². The number of aliphatic hydroxyl groups is 2. The minimum Gasteiger partial charge on any atom is -0.393 e. The van der Waals surface area contributed by atoms with Crippen LogP contribution in [0.3, 0.4) is 0 Å². The fourth-order valence-corrected chi connectivity index (χ4v) is 7.30. The van der Waals surface area contributed by atoms with Crippen molar-refractivity contribution in [1.29, 1.82) is 0 Å². The van der Waals surface area contributed by atoms with Gasteiger partial charge in [0.1, 0.15) is 0 Å². The monoisotopic (exact) mass is 248 g/mol. The average Bonchev–Trinajstić information content (AvgIpc) is 3.10. The summed E-state index contributed by atoms with van der Waals surface area (Å²) in [4.78, 5) is 0. The Morgan fingerprint density at radius 1 is 0.500 bits per heavy atom. The van der Waals surface area contributed by atoms with Crippen molar-refractivity contribution in [2.75, 3.05) is 0 Å². The van der Waals surface area contributed by atoms with Gasteiger partial charge in [0.25, 0.3) is 0 Å². The fourth-order valence-electron chi connectivity index (χ4n) is 7.30. The van der Waals surface area contributed by atoms with Gasteiger partial charge in [-0.25, -0.2) is 0 Å². The molecule has 2 N–H and O–H groups in total. The van der Waals surface area contributed by atoms with Crippen LogP contribution in [0, 0.1) is 47.3 Å². The van der Waals surface area contributed by atoms with Gasteiger partial charge >= 0.3 is 0 Å². The van der Waals surface area contributed by atoms with Crippen LogP contribution in [0.4, 0.5) is 0 Å². The number of rotatable bonds is 0. The van der Waals surface area contributed by atoms with Gasteiger partial charge in [0.15, 0.2) is 0 Å². The van der Waals surface area contributed by atoms with E-state index >= 15 is 0 Å². The summed E-state index contributed by atoms with van der Waals surface area (Å²) in [7, 11) is 0. The summed E-state index contributed by atoms with van der Waals surface area (Å²) in [6.07, 6.45) is 7.74. The molecule has 0 aliphatic heterocycles. The van der Waals surface area contributed by atoms with Crippen LogP contribution < -0.4 is 0 Å². The van der Waals surface area contributed by atoms with Crippen molar-refractivity contribution in [3.05, 3.63) is 0 Å². The Morgan fingerprint density at radius 3 is 1.06 bits per heavy atom. The minimum atomic E-state index is -0.0750. The Labute approximate surface area is 109 Å². The van der Waals surface area contributed by atoms with Crippen LogP contribution in [-0.4, -0.2) is 22.4 Å². The first-order chi connectivity index (χ1) is 8.75. The lowest BCUT2D eigenvalue weighted by molar-refractivity contribution is -0.149. The van der Waals surface area contributed by atoms with Crippen LogP contribution in [0.1, 0.15) is 38.5 Å². The molecule has 0 saturated heterocycles. The predicted molar refractivity (Wildman–Crippen MR) is 67.6 cm³/mol. The molecule has 5 rings (SSSR count). The van der Waals surface area contributed by atoms with Gasteiger partial charge in [-0.15, -0.1) is 0 Å². The van der Waals surface area contributed by atoms with Crippen LogP contribution in [0.15, 0.2) is 0 Å². The summed E-state index contributed by atoms with van der Waals surface area (Å²) < 4.78 is 0. The third kappa shape index (κ3) is 1.06. The molecule has 4 bridgehead atoms. The molecule has 2 nitrogen and oxygen atoms in total. The Kier molecular flexibility index (Phi) is 1.97. The van der Waals surface area contributed by atoms with Crippen molar-refractivity contribution in [2.24, 2.45) is 47.3 Å². The fraction of sp³-hybridized carbons (Fsp3) is 1.00. The molecule has 2 heteroatoms. The van der Waals surface area contributed by atoms with E-state index < -0.39 is 0 Å². The Morgan fingerprint density at radius 2 is 0.778 bits per heavy atom. The maximum atomic E-state index is 10.9. The Balaban J connectivity index is 1.57. The lowest BCUT2D eigenvalue weighted by Crippen LogP contribution is -2.55. The molecule has 0 spiro atoms. The molecule has 5 fully saturated rings. The third-order valence-corrected chi connectivity index (χ3v) is 7.67. The zero-order valence-electron chi connectivity index (χ0n) is 10.9. The second-order valence-corrected chi connectivity index (χ2v) is 7.96. The summed E-state index contributed by atoms with van der Waals surface area (Å²) in [6, 6.07) is 0. The number of hydrogen-bond donors (Lipinski definition) is 2. The van der Waals surface area contributed by atoms with E-state index in [4.69, 9.17) is 0 Å². The predicted octanol–water partition coefficient (Wildman–Crippen LogP) is 2.05. The second-order valence-electron chi connectivity index (χ2n) is 7.96. The molecule has 10 atom stereocenters. The van der Waals surface area contributed by atoms with Crippen LogP contribution >= 0.6 is 0 Å². The van der Waals surface area contributed by atoms with Crippen LogP contribution in [0.5, 0.6) is 0 Å². The molecular formula is C16H24O2. The smallest absolute Gasteiger partial charge is 0.0609 e. The van der Waals surface area contributed by atoms with Gasteiger partial charge < -0.3 is 10.2 Å². The van der Waals surface area contributed by atoms with Crippen molar-refractivity contribution in [1.82, 2.24) is 0 Å². The van der Waals surface area contributed by atoms with E-state index in [0.29, 0.717) is 23.7 Å². The van der Waals surface area contributed by atoms with Crippen molar-refractivity contribution < 1.29 is 10.2 Å². The average molecular weight is 248 g/mol. The van der Waals surface area contributed by atoms with Crippen molar-refractivity contribution >= 4 is 0 Å². The van der Waals surface area contributed by atoms with Gasteiger partial charge in [-0.2, -0.15) is 0 Å². The van der Waals surface area contributed by atoms with Gasteiger partial charge in [-0.05, 0) is 85.9 Å². The summed E-state index contributed by atoms with van der Waals surface area (Å²) in [6.45, 7) is 0. The minimum absolute atomic E-state index is 0.0750. The van der Waals surface area contributed by atoms with E-state index in [9.17, 15) is 10.2 Å². The number of fused-ring (bicyclic) bond motifs is 10. The molecule has 5 saturated carbocycles. The van der Waals surface area contributed by atoms with Gasteiger partial charge in [-0.3, -0.25) is 0 Å². The normalized spacial score (nSPS) is 68.3. The SMILES string of the molecule is OC1[C@@H]2[C@H]3CC[C@@H](C3)[C@H]2C(O)[C@H]2[C@H]3CC[C@H](C3)[C@@H]12. The maximum Gasteiger partial charge on any atom is 0.0609 e. The summed E-state index contributed by atoms with van der Waals surface area (Å²) in [5.74, 6) is 4.79. The van der Waals surface area contributed by atoms with E-state index in [1.165, 1.54) is 38.5 Å². The van der Waals surface area contributed by atoms with E-state index in [0.717, 1.165) is 23.7 Å². The summed E-state index contributed by atoms with van der Waals surface area (Å²) >= 11 is 0. The molecule has 0 radical (unpaired) electrons. The van der Waals surface area contributed by atoms with Crippen LogP contribution in [0.25, 0.3) is 0 Å². The number of aliphatic hydroxyl groups excluding tert-OH is 2. The van der Waals surface area contributed by atoms with Gasteiger partial charge in [0.2, 0.25) is 0 Å². The van der Waals surface area contributed by atoms with E-state index in [2.05, 4.69) is 0 Å². The zero-order valence-corrected chi connectivity index (χ0v) is 10.9. The first-order valence-electron chi connectivity index (χ1n) is 8.12. The van der Waals surface area contributed by atoms with Crippen LogP contribution in [-0.2, 0) is 0 Å². The van der Waals surface area contributed by atoms with Crippen molar-refractivity contribution in [3.8, 4) is 0 Å². The van der Waals surface area contributed by atoms with Gasteiger partial charge in [-0.1, -0.05) is 0 Å². The maximum absolute atomic E-state index is 10.9. The molecule has 0 aromatic rings. The molecule has 2 unspecified atom stereocenters. The molecule has 5 aliphatic carbocycles. The first kappa shape index (κ1) is 10.7. The highest BCUT2D eigenvalue weighted by molar-refractivity contribution is 5.14. The topological polar surface area (TPSA) is 40.5 Å². The van der Waals surface area contributed by atoms with E-state index in [1.54, 1.807) is 0 Å². The Bertz CT molecular complexity index is 313. The van der Waals surface area contributed by atoms with E-state index in [-0.39, 0.29) is 12.2 Å². The number of hydrogen-bond acceptors (Lipinski definition) is 2. The second kappa shape index (κ2) is 3.32. The summed E-state index contributed by atoms with van der Waals surface area (Å²) in [5, 5.41) is 21.8. The lowest BCUT2D eigenvalue weighted by atomic mass is 9.57. The standard InChI is InChI=1S/C16H24O2/c17-15-11-7-1-2-8(5-7)12(11)16(18)14-10-4-3-9(6-10)13(14)15/h7-18H,1-6H2/t7-,8-,9-,10+,11+,12+,13-,14+,15?,16?/m0/s1. The van der Waals surface area contributed by atoms with E-state index in [1.807, 2.05) is 0 Å². The first-order valence-corrected chi connectivity index (χ1v) is 8.12. The van der Waals surface area contributed by atoms with Crippen LogP contribution in [0.2, 0.25) is 0 Å². The largest absolute Gasteiger partial charge is 0.393 e. The molecule has 18 heavy (non-hydrogen) atoms. The summed E-state index contributed by atoms with van der Waals surface area (Å²) in [5.41, 5.74) is 0. The van der Waals surface area contributed by atoms with Crippen molar-refractivity contribution in [2.45, 2.75) is 50.7 Å². The highest BCUT2D eigenvalue weighted by atomic mass is 16.3. The van der Waals surface area contributed by atoms with Crippen molar-refractivity contribution in [3.63, 3.8) is 0 Å². The molecular weight excluding hydrogens is 224 g/mol. The highest BCUT2D eigenvalue weighted by Crippen LogP contribution is 2.66. The molecule has 100 valence electrons. The lowest BCUT2D eigenvalue weighted by Gasteiger charge is -2.51. The molecule has 5 aliphatic rings. The molecule has 0 heterocycles. The quantitative estimate of drug-likeness (QED) is 0.689. The third-order valence-electron chi connectivity index (χ3n) is 7.67. The van der Waals surface area contributed by atoms with Gasteiger partial charge in [0.05, 0.1) is 12.2 Å².